The van der Waals surface area contributed by atoms with Crippen LogP contribution in [0.2, 0.25) is 0 Å². The number of carbonyl (C=O) groups is 1. The fourth-order valence-electron chi connectivity index (χ4n) is 2.99. The molecule has 1 heterocycles. The minimum absolute atomic E-state index is 0.122. The monoisotopic (exact) mass is 333 g/mol. The molecule has 1 saturated carbocycles. The van der Waals surface area contributed by atoms with Crippen molar-refractivity contribution in [3.05, 3.63) is 63.6 Å². The first kappa shape index (κ1) is 16.3. The SMILES string of the molecule is O=C(NCC1(Cc2ccc(F)cc2F)CCC1)c1ccc(=O)[nH]n1. The van der Waals surface area contributed by atoms with E-state index in [0.717, 1.165) is 25.3 Å². The van der Waals surface area contributed by atoms with E-state index in [1.807, 2.05) is 0 Å². The Morgan fingerprint density at radius 1 is 1.25 bits per heavy atom. The van der Waals surface area contributed by atoms with Gasteiger partial charge in [-0.25, -0.2) is 13.9 Å². The lowest BCUT2D eigenvalue weighted by molar-refractivity contribution is 0.0852. The molecule has 1 aromatic carbocycles. The van der Waals surface area contributed by atoms with Gasteiger partial charge in [-0.1, -0.05) is 12.5 Å². The molecule has 0 unspecified atom stereocenters. The van der Waals surface area contributed by atoms with Gasteiger partial charge in [-0.15, -0.1) is 0 Å². The minimum Gasteiger partial charge on any atom is -0.350 e. The fraction of sp³-hybridized carbons (Fsp3) is 0.353. The Bertz CT molecular complexity index is 795. The van der Waals surface area contributed by atoms with Crippen LogP contribution < -0.4 is 10.9 Å². The van der Waals surface area contributed by atoms with Gasteiger partial charge in [0.2, 0.25) is 0 Å². The molecule has 1 aliphatic rings. The van der Waals surface area contributed by atoms with Gasteiger partial charge in [0.15, 0.2) is 0 Å². The summed E-state index contributed by atoms with van der Waals surface area (Å²) in [5.74, 6) is -1.55. The number of aromatic nitrogens is 2. The molecule has 1 amide bonds. The topological polar surface area (TPSA) is 74.8 Å². The van der Waals surface area contributed by atoms with Crippen molar-refractivity contribution in [2.75, 3.05) is 6.54 Å². The average molecular weight is 333 g/mol. The maximum absolute atomic E-state index is 13.9. The number of rotatable bonds is 5. The molecular formula is C17H17F2N3O2. The van der Waals surface area contributed by atoms with Crippen molar-refractivity contribution in [2.24, 2.45) is 5.41 Å². The highest BCUT2D eigenvalue weighted by Crippen LogP contribution is 2.43. The summed E-state index contributed by atoms with van der Waals surface area (Å²) in [6.07, 6.45) is 3.18. The van der Waals surface area contributed by atoms with Crippen LogP contribution in [0.25, 0.3) is 0 Å². The molecule has 0 spiro atoms. The maximum Gasteiger partial charge on any atom is 0.271 e. The van der Waals surface area contributed by atoms with Gasteiger partial charge in [0.1, 0.15) is 17.3 Å². The lowest BCUT2D eigenvalue weighted by Gasteiger charge is -2.42. The van der Waals surface area contributed by atoms with Crippen molar-refractivity contribution in [3.63, 3.8) is 0 Å². The normalized spacial score (nSPS) is 15.6. The van der Waals surface area contributed by atoms with Crippen LogP contribution in [-0.4, -0.2) is 22.6 Å². The molecule has 24 heavy (non-hydrogen) atoms. The zero-order valence-corrected chi connectivity index (χ0v) is 12.9. The molecule has 5 nitrogen and oxygen atoms in total. The molecule has 0 bridgehead atoms. The number of carbonyl (C=O) groups excluding carboxylic acids is 1. The highest BCUT2D eigenvalue weighted by atomic mass is 19.1. The summed E-state index contributed by atoms with van der Waals surface area (Å²) in [5, 5.41) is 8.68. The molecule has 0 radical (unpaired) electrons. The third-order valence-electron chi connectivity index (χ3n) is 4.53. The lowest BCUT2D eigenvalue weighted by atomic mass is 9.65. The number of halogens is 2. The number of H-pyrrole nitrogens is 1. The first-order chi connectivity index (χ1) is 11.5. The molecule has 1 fully saturated rings. The summed E-state index contributed by atoms with van der Waals surface area (Å²) in [5.41, 5.74) is -0.0328. The lowest BCUT2D eigenvalue weighted by Crippen LogP contribution is -2.44. The van der Waals surface area contributed by atoms with Gasteiger partial charge in [0.05, 0.1) is 0 Å². The number of hydrogen-bond donors (Lipinski definition) is 2. The molecule has 2 aromatic rings. The second kappa shape index (κ2) is 6.51. The molecular weight excluding hydrogens is 316 g/mol. The average Bonchev–Trinajstić information content (AvgIpc) is 2.52. The van der Waals surface area contributed by atoms with Crippen LogP contribution in [0.1, 0.15) is 35.3 Å². The number of aromatic amines is 1. The number of hydrogen-bond acceptors (Lipinski definition) is 3. The predicted octanol–water partition coefficient (Wildman–Crippen LogP) is 2.19. The van der Waals surface area contributed by atoms with Crippen LogP contribution in [0.15, 0.2) is 35.1 Å². The van der Waals surface area contributed by atoms with E-state index in [2.05, 4.69) is 15.5 Å². The highest BCUT2D eigenvalue weighted by Gasteiger charge is 2.38. The van der Waals surface area contributed by atoms with E-state index >= 15 is 0 Å². The van der Waals surface area contributed by atoms with E-state index in [1.54, 1.807) is 0 Å². The van der Waals surface area contributed by atoms with Crippen LogP contribution in [0, 0.1) is 17.0 Å². The molecule has 0 aliphatic heterocycles. The molecule has 2 N–H and O–H groups in total. The summed E-state index contributed by atoms with van der Waals surface area (Å²) in [7, 11) is 0. The van der Waals surface area contributed by atoms with Crippen LogP contribution in [0.3, 0.4) is 0 Å². The molecule has 1 aromatic heterocycles. The molecule has 7 heteroatoms. The standard InChI is InChI=1S/C17H17F2N3O2/c18-12-3-2-11(13(19)8-12)9-17(6-1-7-17)10-20-16(24)14-4-5-15(23)22-21-14/h2-5,8H,1,6-7,9-10H2,(H,20,24)(H,22,23). The Morgan fingerprint density at radius 3 is 2.62 bits per heavy atom. The van der Waals surface area contributed by atoms with Crippen molar-refractivity contribution in [3.8, 4) is 0 Å². The van der Waals surface area contributed by atoms with Gasteiger partial charge in [-0.2, -0.15) is 5.10 Å². The van der Waals surface area contributed by atoms with Crippen LogP contribution in [0.5, 0.6) is 0 Å². The van der Waals surface area contributed by atoms with Crippen molar-refractivity contribution in [2.45, 2.75) is 25.7 Å². The van der Waals surface area contributed by atoms with Gasteiger partial charge in [-0.3, -0.25) is 9.59 Å². The zero-order valence-electron chi connectivity index (χ0n) is 12.9. The molecule has 0 atom stereocenters. The molecule has 0 saturated heterocycles. The Hall–Kier alpha value is -2.57. The fourth-order valence-corrected chi connectivity index (χ4v) is 2.99. The van der Waals surface area contributed by atoms with Crippen LogP contribution in [-0.2, 0) is 6.42 Å². The van der Waals surface area contributed by atoms with Crippen molar-refractivity contribution in [1.29, 1.82) is 0 Å². The maximum atomic E-state index is 13.9. The number of nitrogens with zero attached hydrogens (tertiary/aromatic N) is 1. The van der Waals surface area contributed by atoms with Crippen molar-refractivity contribution < 1.29 is 13.6 Å². The van der Waals surface area contributed by atoms with Gasteiger partial charge < -0.3 is 5.32 Å². The molecule has 126 valence electrons. The predicted molar refractivity (Wildman–Crippen MR) is 83.5 cm³/mol. The van der Waals surface area contributed by atoms with Gasteiger partial charge in [0.25, 0.3) is 11.5 Å². The van der Waals surface area contributed by atoms with Crippen LogP contribution in [0.4, 0.5) is 8.78 Å². The summed E-state index contributed by atoms with van der Waals surface area (Å²) in [6, 6.07) is 6.16. The van der Waals surface area contributed by atoms with Crippen molar-refractivity contribution in [1.82, 2.24) is 15.5 Å². The third kappa shape index (κ3) is 3.50. The zero-order chi connectivity index (χ0) is 17.2. The first-order valence-electron chi connectivity index (χ1n) is 7.75. The quantitative estimate of drug-likeness (QED) is 0.881. The largest absolute Gasteiger partial charge is 0.350 e. The number of nitrogens with one attached hydrogen (secondary N) is 2. The smallest absolute Gasteiger partial charge is 0.271 e. The Morgan fingerprint density at radius 2 is 2.04 bits per heavy atom. The Balaban J connectivity index is 1.66. The van der Waals surface area contributed by atoms with Gasteiger partial charge >= 0.3 is 0 Å². The van der Waals surface area contributed by atoms with E-state index in [9.17, 15) is 18.4 Å². The van der Waals surface area contributed by atoms with Gasteiger partial charge in [-0.05, 0) is 42.4 Å². The van der Waals surface area contributed by atoms with Gasteiger partial charge in [0, 0.05) is 18.7 Å². The first-order valence-corrected chi connectivity index (χ1v) is 7.75. The number of amides is 1. The second-order valence-corrected chi connectivity index (χ2v) is 6.26. The Kier molecular flexibility index (Phi) is 4.42. The summed E-state index contributed by atoms with van der Waals surface area (Å²) >= 11 is 0. The Labute approximate surface area is 137 Å². The van der Waals surface area contributed by atoms with E-state index in [0.29, 0.717) is 18.5 Å². The third-order valence-corrected chi connectivity index (χ3v) is 4.53. The van der Waals surface area contributed by atoms with E-state index in [-0.39, 0.29) is 16.7 Å². The number of benzene rings is 1. The van der Waals surface area contributed by atoms with E-state index < -0.39 is 17.5 Å². The second-order valence-electron chi connectivity index (χ2n) is 6.26. The van der Waals surface area contributed by atoms with Crippen LogP contribution >= 0.6 is 0 Å². The highest BCUT2D eigenvalue weighted by molar-refractivity contribution is 5.91. The summed E-state index contributed by atoms with van der Waals surface area (Å²) in [4.78, 5) is 23.1. The molecule has 3 rings (SSSR count). The van der Waals surface area contributed by atoms with Crippen molar-refractivity contribution >= 4 is 5.91 Å². The van der Waals surface area contributed by atoms with E-state index in [4.69, 9.17) is 0 Å². The summed E-state index contributed by atoms with van der Waals surface area (Å²) in [6.45, 7) is 0.378. The minimum atomic E-state index is -0.601. The van der Waals surface area contributed by atoms with E-state index in [1.165, 1.54) is 24.3 Å². The molecule has 1 aliphatic carbocycles. The summed E-state index contributed by atoms with van der Waals surface area (Å²) < 4.78 is 26.9.